The lowest BCUT2D eigenvalue weighted by Crippen LogP contribution is -2.30. The maximum absolute atomic E-state index is 12.9. The van der Waals surface area contributed by atoms with Gasteiger partial charge in [-0.25, -0.2) is 0 Å². The maximum atomic E-state index is 12.9. The van der Waals surface area contributed by atoms with Gasteiger partial charge in [-0.05, 0) is 135 Å². The van der Waals surface area contributed by atoms with Gasteiger partial charge in [0, 0.05) is 19.3 Å². The van der Waals surface area contributed by atoms with E-state index in [2.05, 4.69) is 167 Å². The summed E-state index contributed by atoms with van der Waals surface area (Å²) in [7, 11) is 0. The van der Waals surface area contributed by atoms with E-state index in [1.165, 1.54) is 96.3 Å². The third-order valence-corrected chi connectivity index (χ3v) is 13.8. The number of carbonyl (C=O) groups is 3. The van der Waals surface area contributed by atoms with Crippen LogP contribution in [0.1, 0.15) is 290 Å². The van der Waals surface area contributed by atoms with E-state index in [0.29, 0.717) is 19.3 Å². The Balaban J connectivity index is 4.34. The number of ether oxygens (including phenoxy) is 3. The molecule has 0 rings (SSSR count). The molecular weight excluding hydrogens is 997 g/mol. The third kappa shape index (κ3) is 66.0. The number of rotatable bonds is 59. The zero-order valence-corrected chi connectivity index (χ0v) is 52.5. The summed E-state index contributed by atoms with van der Waals surface area (Å²) < 4.78 is 16.9. The smallest absolute Gasteiger partial charge is 0.306 e. The number of hydrogen-bond donors (Lipinski definition) is 0. The van der Waals surface area contributed by atoms with Gasteiger partial charge in [0.15, 0.2) is 6.10 Å². The molecule has 0 saturated heterocycles. The monoisotopic (exact) mass is 1120 g/mol. The van der Waals surface area contributed by atoms with Crippen molar-refractivity contribution >= 4 is 17.9 Å². The Bertz CT molecular complexity index is 1760. The van der Waals surface area contributed by atoms with E-state index in [4.69, 9.17) is 14.2 Å². The fraction of sp³-hybridized carbons (Fsp3) is 0.640. The first-order chi connectivity index (χ1) is 40.0. The molecule has 0 saturated carbocycles. The van der Waals surface area contributed by atoms with Crippen LogP contribution in [-0.4, -0.2) is 37.2 Å². The Morgan fingerprint density at radius 2 is 0.444 bits per heavy atom. The molecule has 0 aromatic rings. The first-order valence-electron chi connectivity index (χ1n) is 33.3. The molecule has 0 aliphatic rings. The van der Waals surface area contributed by atoms with Gasteiger partial charge in [-0.2, -0.15) is 0 Å². The quantitative estimate of drug-likeness (QED) is 0.0261. The van der Waals surface area contributed by atoms with Crippen molar-refractivity contribution < 1.29 is 28.6 Å². The van der Waals surface area contributed by atoms with Crippen LogP contribution in [0.3, 0.4) is 0 Å². The van der Waals surface area contributed by atoms with Gasteiger partial charge >= 0.3 is 17.9 Å². The Hall–Kier alpha value is -4.71. The highest BCUT2D eigenvalue weighted by molar-refractivity contribution is 5.71. The number of hydrogen-bond acceptors (Lipinski definition) is 6. The summed E-state index contributed by atoms with van der Waals surface area (Å²) in [5.41, 5.74) is 0. The van der Waals surface area contributed by atoms with E-state index in [0.717, 1.165) is 154 Å². The molecule has 0 aromatic carbocycles. The zero-order valence-electron chi connectivity index (χ0n) is 52.5. The molecular formula is C75H122O6. The van der Waals surface area contributed by atoms with E-state index in [-0.39, 0.29) is 31.1 Å². The van der Waals surface area contributed by atoms with Crippen LogP contribution in [0.4, 0.5) is 0 Å². The number of esters is 3. The van der Waals surface area contributed by atoms with E-state index in [1.807, 2.05) is 0 Å². The molecule has 81 heavy (non-hydrogen) atoms. The van der Waals surface area contributed by atoms with E-state index in [9.17, 15) is 14.4 Å². The average molecular weight is 1120 g/mol. The SMILES string of the molecule is CC/C=C\C/C=C\C/C=C\C/C=C\C/C=C\CCCCCCCCCC(=O)OC(COC(=O)CCCCC/C=C\C/C=C\C/C=C\CC)COC(=O)CCCCCCCCCCCCCCCC/C=C\C/C=C\C/C=C\C/C=C\CC. The highest BCUT2D eigenvalue weighted by Crippen LogP contribution is 2.16. The van der Waals surface area contributed by atoms with E-state index in [1.54, 1.807) is 0 Å². The number of carbonyl (C=O) groups excluding carboxylic acids is 3. The second-order valence-corrected chi connectivity index (χ2v) is 21.6. The largest absolute Gasteiger partial charge is 0.462 e. The van der Waals surface area contributed by atoms with Crippen molar-refractivity contribution in [3.63, 3.8) is 0 Å². The minimum absolute atomic E-state index is 0.0961. The summed E-state index contributed by atoms with van der Waals surface area (Å²) in [4.78, 5) is 38.4. The lowest BCUT2D eigenvalue weighted by atomic mass is 10.0. The molecule has 0 radical (unpaired) electrons. The molecule has 0 bridgehead atoms. The van der Waals surface area contributed by atoms with Crippen molar-refractivity contribution in [3.05, 3.63) is 146 Å². The molecule has 0 N–H and O–H groups in total. The van der Waals surface area contributed by atoms with Crippen LogP contribution in [-0.2, 0) is 28.6 Å². The Morgan fingerprint density at radius 1 is 0.247 bits per heavy atom. The molecule has 1 unspecified atom stereocenters. The molecule has 0 aliphatic carbocycles. The molecule has 0 fully saturated rings. The average Bonchev–Trinajstić information content (AvgIpc) is 3.46. The minimum atomic E-state index is -0.803. The minimum Gasteiger partial charge on any atom is -0.462 e. The summed E-state index contributed by atoms with van der Waals surface area (Å²) in [6.07, 6.45) is 97.2. The van der Waals surface area contributed by atoms with Gasteiger partial charge in [0.2, 0.25) is 0 Å². The second-order valence-electron chi connectivity index (χ2n) is 21.6. The van der Waals surface area contributed by atoms with Crippen LogP contribution in [0.15, 0.2) is 146 Å². The second kappa shape index (κ2) is 67.8. The Morgan fingerprint density at radius 3 is 0.704 bits per heavy atom. The zero-order chi connectivity index (χ0) is 58.5. The van der Waals surface area contributed by atoms with E-state index < -0.39 is 6.10 Å². The summed E-state index contributed by atoms with van der Waals surface area (Å²) in [5, 5.41) is 0. The lowest BCUT2D eigenvalue weighted by molar-refractivity contribution is -0.167. The van der Waals surface area contributed by atoms with Crippen molar-refractivity contribution in [2.45, 2.75) is 297 Å². The fourth-order valence-electron chi connectivity index (χ4n) is 8.95. The van der Waals surface area contributed by atoms with Crippen LogP contribution in [0.5, 0.6) is 0 Å². The normalized spacial score (nSPS) is 13.1. The molecule has 0 aromatic heterocycles. The van der Waals surface area contributed by atoms with Gasteiger partial charge in [-0.15, -0.1) is 0 Å². The van der Waals surface area contributed by atoms with Crippen LogP contribution >= 0.6 is 0 Å². The summed E-state index contributed by atoms with van der Waals surface area (Å²) >= 11 is 0. The van der Waals surface area contributed by atoms with E-state index >= 15 is 0 Å². The molecule has 6 heteroatoms. The molecule has 0 aliphatic heterocycles. The van der Waals surface area contributed by atoms with Crippen molar-refractivity contribution in [2.24, 2.45) is 0 Å². The standard InChI is InChI=1S/C75H122O6/c1-4-7-10-13-16-19-22-25-27-29-31-33-35-36-37-38-40-41-43-45-47-50-53-56-59-62-65-68-74(77)80-71-72(70-79-73(76)67-64-61-58-55-52-49-24-21-18-15-12-9-6-3)81-75(78)69-66-63-60-57-54-51-48-46-44-42-39-34-32-30-28-26-23-20-17-14-11-8-5-2/h7-12,16-21,25-28,31-34,42,44,49,52,72H,4-6,13-15,22-24,29-30,35-41,43,45-48,50-51,53-71H2,1-3H3/b10-7-,11-8-,12-9-,19-16-,20-17-,21-18-,27-25-,28-26-,33-31-,34-32-,44-42-,52-49-. The van der Waals surface area contributed by atoms with Crippen LogP contribution in [0.25, 0.3) is 0 Å². The maximum Gasteiger partial charge on any atom is 0.306 e. The Labute approximate surface area is 499 Å². The van der Waals surface area contributed by atoms with Crippen molar-refractivity contribution in [1.82, 2.24) is 0 Å². The first kappa shape index (κ1) is 76.3. The van der Waals surface area contributed by atoms with Crippen LogP contribution in [0, 0.1) is 0 Å². The molecule has 0 heterocycles. The molecule has 6 nitrogen and oxygen atoms in total. The van der Waals surface area contributed by atoms with Gasteiger partial charge < -0.3 is 14.2 Å². The van der Waals surface area contributed by atoms with Gasteiger partial charge in [0.1, 0.15) is 13.2 Å². The molecule has 0 amide bonds. The Kier molecular flexibility index (Phi) is 63.9. The van der Waals surface area contributed by atoms with Gasteiger partial charge in [-0.1, -0.05) is 282 Å². The molecule has 1 atom stereocenters. The van der Waals surface area contributed by atoms with Crippen LogP contribution in [0.2, 0.25) is 0 Å². The topological polar surface area (TPSA) is 78.9 Å². The summed E-state index contributed by atoms with van der Waals surface area (Å²) in [6, 6.07) is 0. The molecule has 0 spiro atoms. The van der Waals surface area contributed by atoms with Crippen molar-refractivity contribution in [3.8, 4) is 0 Å². The summed E-state index contributed by atoms with van der Waals surface area (Å²) in [6.45, 7) is 6.28. The predicted molar refractivity (Wildman–Crippen MR) is 352 cm³/mol. The number of allylic oxidation sites excluding steroid dienone is 24. The third-order valence-electron chi connectivity index (χ3n) is 13.8. The highest BCUT2D eigenvalue weighted by Gasteiger charge is 2.19. The first-order valence-corrected chi connectivity index (χ1v) is 33.3. The highest BCUT2D eigenvalue weighted by atomic mass is 16.6. The molecule has 458 valence electrons. The summed E-state index contributed by atoms with van der Waals surface area (Å²) in [5.74, 6) is -0.936. The lowest BCUT2D eigenvalue weighted by Gasteiger charge is -2.18. The van der Waals surface area contributed by atoms with Gasteiger partial charge in [0.05, 0.1) is 0 Å². The van der Waals surface area contributed by atoms with Crippen molar-refractivity contribution in [2.75, 3.05) is 13.2 Å². The van der Waals surface area contributed by atoms with Crippen molar-refractivity contribution in [1.29, 1.82) is 0 Å². The number of unbranched alkanes of at least 4 members (excludes halogenated alkanes) is 24. The van der Waals surface area contributed by atoms with Crippen LogP contribution < -0.4 is 0 Å². The van der Waals surface area contributed by atoms with Gasteiger partial charge in [-0.3, -0.25) is 14.4 Å². The van der Waals surface area contributed by atoms with Gasteiger partial charge in [0.25, 0.3) is 0 Å². The predicted octanol–water partition coefficient (Wildman–Crippen LogP) is 23.1. The fourth-order valence-corrected chi connectivity index (χ4v) is 8.95.